The summed E-state index contributed by atoms with van der Waals surface area (Å²) in [5.74, 6) is -1.10. The van der Waals surface area contributed by atoms with Gasteiger partial charge in [0.2, 0.25) is 5.95 Å². The molecule has 3 heterocycles. The molecule has 0 amide bonds. The Bertz CT molecular complexity index is 1450. The monoisotopic (exact) mass is 477 g/mol. The van der Waals surface area contributed by atoms with Crippen LogP contribution in [0.4, 0.5) is 20.5 Å². The zero-order valence-corrected chi connectivity index (χ0v) is 18.8. The number of ether oxygens (including phenoxy) is 1. The number of carbonyl (C=O) groups excluding carboxylic acids is 1. The number of carbonyl (C=O) groups is 1. The Balaban J connectivity index is 1.62. The quantitative estimate of drug-likeness (QED) is 0.418. The number of methoxy groups -OCH3 is 1. The fraction of sp³-hybridized carbons (Fsp3) is 0.200. The minimum atomic E-state index is -0.807. The maximum atomic E-state index is 14.1. The van der Waals surface area contributed by atoms with E-state index in [0.717, 1.165) is 24.0 Å². The Morgan fingerprint density at radius 1 is 0.943 bits per heavy atom. The Labute approximate surface area is 199 Å². The molecule has 1 fully saturated rings. The van der Waals surface area contributed by atoms with Gasteiger partial charge in [-0.25, -0.2) is 28.1 Å². The number of pyridine rings is 1. The van der Waals surface area contributed by atoms with Gasteiger partial charge >= 0.3 is 5.97 Å². The first-order chi connectivity index (χ1) is 16.9. The van der Waals surface area contributed by atoms with Crippen molar-refractivity contribution in [3.8, 4) is 5.69 Å². The van der Waals surface area contributed by atoms with Crippen LogP contribution in [0.25, 0.3) is 16.6 Å². The van der Waals surface area contributed by atoms with Crippen LogP contribution in [0.1, 0.15) is 10.4 Å². The van der Waals surface area contributed by atoms with E-state index in [2.05, 4.69) is 14.9 Å². The van der Waals surface area contributed by atoms with Crippen LogP contribution in [-0.2, 0) is 4.74 Å². The smallest absolute Gasteiger partial charge is 0.337 e. The summed E-state index contributed by atoms with van der Waals surface area (Å²) in [5, 5.41) is 0.207. The molecular formula is C25H21F2N5O3. The number of hydrogen-bond donors (Lipinski definition) is 0. The molecule has 8 nitrogen and oxygen atoms in total. The van der Waals surface area contributed by atoms with E-state index >= 15 is 0 Å². The Morgan fingerprint density at radius 2 is 1.66 bits per heavy atom. The average molecular weight is 477 g/mol. The van der Waals surface area contributed by atoms with Crippen LogP contribution in [0.3, 0.4) is 0 Å². The molecule has 2 aromatic carbocycles. The maximum Gasteiger partial charge on any atom is 0.337 e. The van der Waals surface area contributed by atoms with Gasteiger partial charge in [-0.1, -0.05) is 6.07 Å². The highest BCUT2D eigenvalue weighted by molar-refractivity contribution is 5.94. The highest BCUT2D eigenvalue weighted by Gasteiger charge is 2.24. The van der Waals surface area contributed by atoms with Crippen LogP contribution in [-0.4, -0.2) is 53.8 Å². The third-order valence-corrected chi connectivity index (χ3v) is 5.91. The standard InChI is InChI=1S/C25H21F2N5O3/c1-35-24(34)16-5-6-20-21(12-16)29-25(32(23(20)33)19-14-17(26)13-18(27)15-19)31-10-8-30(9-11-31)22-4-2-3-7-28-22/h2-7,12-15H,8-11H2,1H3. The van der Waals surface area contributed by atoms with Gasteiger partial charge in [0.05, 0.1) is 29.3 Å². The maximum absolute atomic E-state index is 14.1. The summed E-state index contributed by atoms with van der Waals surface area (Å²) in [4.78, 5) is 38.6. The van der Waals surface area contributed by atoms with Crippen molar-refractivity contribution in [3.05, 3.63) is 88.3 Å². The summed E-state index contributed by atoms with van der Waals surface area (Å²) >= 11 is 0. The molecule has 0 spiro atoms. The van der Waals surface area contributed by atoms with Crippen molar-refractivity contribution in [2.75, 3.05) is 43.1 Å². The number of benzene rings is 2. The number of esters is 1. The Hall–Kier alpha value is -4.34. The first-order valence-electron chi connectivity index (χ1n) is 11.0. The second-order valence-electron chi connectivity index (χ2n) is 8.07. The summed E-state index contributed by atoms with van der Waals surface area (Å²) in [7, 11) is 1.27. The predicted molar refractivity (Wildman–Crippen MR) is 127 cm³/mol. The van der Waals surface area contributed by atoms with E-state index in [1.807, 2.05) is 23.1 Å². The summed E-state index contributed by atoms with van der Waals surface area (Å²) in [5.41, 5.74) is 0.0558. The molecule has 10 heteroatoms. The van der Waals surface area contributed by atoms with E-state index in [-0.39, 0.29) is 28.1 Å². The number of halogens is 2. The van der Waals surface area contributed by atoms with Gasteiger partial charge in [0.25, 0.3) is 5.56 Å². The number of piperazine rings is 1. The lowest BCUT2D eigenvalue weighted by molar-refractivity contribution is 0.0601. The molecule has 0 aliphatic carbocycles. The summed E-state index contributed by atoms with van der Waals surface area (Å²) in [6, 6.07) is 13.0. The van der Waals surface area contributed by atoms with Crippen LogP contribution >= 0.6 is 0 Å². The average Bonchev–Trinajstić information content (AvgIpc) is 2.87. The molecule has 1 saturated heterocycles. The van der Waals surface area contributed by atoms with Crippen molar-refractivity contribution in [3.63, 3.8) is 0 Å². The van der Waals surface area contributed by atoms with Gasteiger partial charge < -0.3 is 14.5 Å². The Morgan fingerprint density at radius 3 is 2.31 bits per heavy atom. The molecule has 0 saturated carbocycles. The third-order valence-electron chi connectivity index (χ3n) is 5.91. The molecule has 1 aliphatic rings. The van der Waals surface area contributed by atoms with E-state index in [1.54, 1.807) is 6.20 Å². The highest BCUT2D eigenvalue weighted by Crippen LogP contribution is 2.24. The van der Waals surface area contributed by atoms with Crippen molar-refractivity contribution in [2.24, 2.45) is 0 Å². The minimum Gasteiger partial charge on any atom is -0.465 e. The minimum absolute atomic E-state index is 0.0288. The van der Waals surface area contributed by atoms with Crippen LogP contribution in [0.15, 0.2) is 65.6 Å². The molecular weight excluding hydrogens is 456 g/mol. The summed E-state index contributed by atoms with van der Waals surface area (Å²) < 4.78 is 34.2. The van der Waals surface area contributed by atoms with Crippen LogP contribution < -0.4 is 15.4 Å². The number of anilines is 2. The Kier molecular flexibility index (Phi) is 5.86. The number of hydrogen-bond acceptors (Lipinski definition) is 7. The van der Waals surface area contributed by atoms with E-state index in [9.17, 15) is 18.4 Å². The lowest BCUT2D eigenvalue weighted by Crippen LogP contribution is -2.48. The highest BCUT2D eigenvalue weighted by atomic mass is 19.1. The van der Waals surface area contributed by atoms with Crippen molar-refractivity contribution in [2.45, 2.75) is 0 Å². The van der Waals surface area contributed by atoms with Crippen molar-refractivity contribution in [1.82, 2.24) is 14.5 Å². The van der Waals surface area contributed by atoms with Crippen molar-refractivity contribution in [1.29, 1.82) is 0 Å². The van der Waals surface area contributed by atoms with Gasteiger partial charge in [-0.05, 0) is 42.5 Å². The third kappa shape index (κ3) is 4.30. The predicted octanol–water partition coefficient (Wildman–Crippen LogP) is 3.17. The van der Waals surface area contributed by atoms with E-state index in [4.69, 9.17) is 4.74 Å². The second kappa shape index (κ2) is 9.13. The van der Waals surface area contributed by atoms with Crippen LogP contribution in [0.2, 0.25) is 0 Å². The molecule has 178 valence electrons. The normalized spacial score (nSPS) is 13.8. The fourth-order valence-electron chi connectivity index (χ4n) is 4.21. The van der Waals surface area contributed by atoms with Gasteiger partial charge in [-0.2, -0.15) is 0 Å². The van der Waals surface area contributed by atoms with Gasteiger partial charge in [-0.15, -0.1) is 0 Å². The number of nitrogens with zero attached hydrogens (tertiary/aromatic N) is 5. The molecule has 2 aromatic heterocycles. The lowest BCUT2D eigenvalue weighted by atomic mass is 10.1. The molecule has 0 N–H and O–H groups in total. The SMILES string of the molecule is COC(=O)c1ccc2c(=O)n(-c3cc(F)cc(F)c3)c(N3CCN(c4ccccn4)CC3)nc2c1. The topological polar surface area (TPSA) is 80.6 Å². The molecule has 0 atom stereocenters. The molecule has 35 heavy (non-hydrogen) atoms. The lowest BCUT2D eigenvalue weighted by Gasteiger charge is -2.36. The van der Waals surface area contributed by atoms with Gasteiger partial charge in [-0.3, -0.25) is 4.79 Å². The molecule has 0 bridgehead atoms. The molecule has 0 radical (unpaired) electrons. The second-order valence-corrected chi connectivity index (χ2v) is 8.07. The van der Waals surface area contributed by atoms with E-state index < -0.39 is 23.2 Å². The molecule has 4 aromatic rings. The number of rotatable bonds is 4. The van der Waals surface area contributed by atoms with Gasteiger partial charge in [0.15, 0.2) is 0 Å². The number of fused-ring (bicyclic) bond motifs is 1. The summed E-state index contributed by atoms with van der Waals surface area (Å²) in [6.07, 6.45) is 1.72. The van der Waals surface area contributed by atoms with Crippen molar-refractivity contribution >= 4 is 28.6 Å². The molecule has 1 aliphatic heterocycles. The number of aromatic nitrogens is 3. The summed E-state index contributed by atoms with van der Waals surface area (Å²) in [6.45, 7) is 2.18. The van der Waals surface area contributed by atoms with Crippen LogP contribution in [0.5, 0.6) is 0 Å². The molecule has 5 rings (SSSR count). The zero-order valence-electron chi connectivity index (χ0n) is 18.8. The largest absolute Gasteiger partial charge is 0.465 e. The van der Waals surface area contributed by atoms with E-state index in [0.29, 0.717) is 26.2 Å². The first kappa shape index (κ1) is 22.5. The first-order valence-corrected chi connectivity index (χ1v) is 11.0. The zero-order chi connectivity index (χ0) is 24.5. The van der Waals surface area contributed by atoms with Crippen LogP contribution in [0, 0.1) is 11.6 Å². The molecule has 0 unspecified atom stereocenters. The van der Waals surface area contributed by atoms with E-state index in [1.165, 1.54) is 29.9 Å². The van der Waals surface area contributed by atoms with Gasteiger partial charge in [0, 0.05) is 38.4 Å². The van der Waals surface area contributed by atoms with Gasteiger partial charge in [0.1, 0.15) is 17.5 Å². The van der Waals surface area contributed by atoms with Crippen molar-refractivity contribution < 1.29 is 18.3 Å². The fourth-order valence-corrected chi connectivity index (χ4v) is 4.21.